The van der Waals surface area contributed by atoms with Crippen LogP contribution in [0.15, 0.2) is 36.7 Å². The minimum atomic E-state index is -0.477. The van der Waals surface area contributed by atoms with Gasteiger partial charge in [0.1, 0.15) is 15.9 Å². The van der Waals surface area contributed by atoms with Gasteiger partial charge in [0.15, 0.2) is 0 Å². The smallest absolute Gasteiger partial charge is 0.349 e. The minimum absolute atomic E-state index is 0.247. The summed E-state index contributed by atoms with van der Waals surface area (Å²) in [7, 11) is 0. The van der Waals surface area contributed by atoms with Gasteiger partial charge in [-0.25, -0.2) is 9.48 Å². The van der Waals surface area contributed by atoms with E-state index in [0.717, 1.165) is 11.3 Å². The van der Waals surface area contributed by atoms with Gasteiger partial charge in [0.25, 0.3) is 0 Å². The van der Waals surface area contributed by atoms with Crippen LogP contribution in [0.3, 0.4) is 0 Å². The van der Waals surface area contributed by atoms with E-state index in [1.165, 1.54) is 10.9 Å². The van der Waals surface area contributed by atoms with Crippen LogP contribution in [0.1, 0.15) is 22.2 Å². The molecule has 2 heterocycles. The fraction of sp³-hybridized carbons (Fsp3) is 0.125. The molecule has 0 aliphatic rings. The van der Waals surface area contributed by atoms with Gasteiger partial charge in [-0.3, -0.25) is 0 Å². The summed E-state index contributed by atoms with van der Waals surface area (Å²) in [5.41, 5.74) is 1.57. The number of nitrogens with zero attached hydrogens (tertiary/aromatic N) is 4. The fourth-order valence-corrected chi connectivity index (χ4v) is 3.46. The maximum absolute atomic E-state index is 12.4. The van der Waals surface area contributed by atoms with E-state index in [-0.39, 0.29) is 6.61 Å². The van der Waals surface area contributed by atoms with Crippen LogP contribution in [0.25, 0.3) is 16.1 Å². The zero-order valence-electron chi connectivity index (χ0n) is 12.6. The normalized spacial score (nSPS) is 10.4. The molecule has 3 rings (SSSR count). The first-order valence-corrected chi connectivity index (χ1v) is 8.21. The molecule has 2 aromatic heterocycles. The van der Waals surface area contributed by atoms with Crippen molar-refractivity contribution in [3.8, 4) is 22.2 Å². The molecule has 0 saturated heterocycles. The van der Waals surface area contributed by atoms with Crippen LogP contribution in [0.5, 0.6) is 0 Å². The van der Waals surface area contributed by atoms with Gasteiger partial charge in [-0.15, -0.1) is 16.4 Å². The highest BCUT2D eigenvalue weighted by molar-refractivity contribution is 7.17. The van der Waals surface area contributed by atoms with Crippen LogP contribution >= 0.6 is 22.9 Å². The van der Waals surface area contributed by atoms with Crippen molar-refractivity contribution >= 4 is 28.9 Å². The molecule has 0 spiro atoms. The van der Waals surface area contributed by atoms with Gasteiger partial charge in [0, 0.05) is 10.6 Å². The number of ether oxygens (including phenoxy) is 1. The Morgan fingerprint density at radius 2 is 2.17 bits per heavy atom. The predicted octanol–water partition coefficient (Wildman–Crippen LogP) is 3.70. The second-order valence-corrected chi connectivity index (χ2v) is 6.11. The fourth-order valence-electron chi connectivity index (χ4n) is 2.23. The maximum atomic E-state index is 12.4. The van der Waals surface area contributed by atoms with Crippen LogP contribution in [-0.2, 0) is 4.74 Å². The van der Waals surface area contributed by atoms with Gasteiger partial charge in [-0.05, 0) is 24.6 Å². The highest BCUT2D eigenvalue weighted by Crippen LogP contribution is 2.39. The standard InChI is InChI=1S/C16H11ClN4O2S/c1-2-23-16(22)14-13(10-3-5-11(17)6-4-10)12(9-18)15(24-14)21-8-7-19-20-21/h3-8H,2H2,1H3. The van der Waals surface area contributed by atoms with Crippen LogP contribution in [-0.4, -0.2) is 27.6 Å². The lowest BCUT2D eigenvalue weighted by atomic mass is 10.0. The average molecular weight is 359 g/mol. The zero-order valence-corrected chi connectivity index (χ0v) is 14.1. The molecular formula is C16H11ClN4O2S. The summed E-state index contributed by atoms with van der Waals surface area (Å²) in [5.74, 6) is -0.477. The van der Waals surface area contributed by atoms with Crippen molar-refractivity contribution in [1.82, 2.24) is 15.0 Å². The van der Waals surface area contributed by atoms with Gasteiger partial charge >= 0.3 is 5.97 Å². The van der Waals surface area contributed by atoms with E-state index in [4.69, 9.17) is 16.3 Å². The molecule has 0 N–H and O–H groups in total. The summed E-state index contributed by atoms with van der Waals surface area (Å²) >= 11 is 7.08. The first-order valence-electron chi connectivity index (χ1n) is 7.02. The Bertz CT molecular complexity index is 911. The summed E-state index contributed by atoms with van der Waals surface area (Å²) in [6, 6.07) is 9.11. The lowest BCUT2D eigenvalue weighted by Crippen LogP contribution is -2.04. The van der Waals surface area contributed by atoms with Crippen molar-refractivity contribution in [2.45, 2.75) is 6.92 Å². The van der Waals surface area contributed by atoms with E-state index in [1.807, 2.05) is 0 Å². The van der Waals surface area contributed by atoms with E-state index >= 15 is 0 Å². The molecule has 6 nitrogen and oxygen atoms in total. The molecule has 24 heavy (non-hydrogen) atoms. The number of hydrogen-bond acceptors (Lipinski definition) is 6. The average Bonchev–Trinajstić information content (AvgIpc) is 3.22. The lowest BCUT2D eigenvalue weighted by Gasteiger charge is -2.05. The highest BCUT2D eigenvalue weighted by Gasteiger charge is 2.26. The van der Waals surface area contributed by atoms with Crippen molar-refractivity contribution < 1.29 is 9.53 Å². The van der Waals surface area contributed by atoms with Crippen LogP contribution in [0, 0.1) is 11.3 Å². The van der Waals surface area contributed by atoms with Crippen LogP contribution in [0.4, 0.5) is 0 Å². The predicted molar refractivity (Wildman–Crippen MR) is 90.4 cm³/mol. The molecule has 120 valence electrons. The Hall–Kier alpha value is -2.69. The summed E-state index contributed by atoms with van der Waals surface area (Å²) in [4.78, 5) is 12.7. The molecular weight excluding hydrogens is 348 g/mol. The van der Waals surface area contributed by atoms with Gasteiger partial charge in [-0.2, -0.15) is 5.26 Å². The van der Waals surface area contributed by atoms with Crippen molar-refractivity contribution in [2.24, 2.45) is 0 Å². The van der Waals surface area contributed by atoms with Crippen LogP contribution in [0.2, 0.25) is 5.02 Å². The largest absolute Gasteiger partial charge is 0.462 e. The van der Waals surface area contributed by atoms with Crippen molar-refractivity contribution in [3.05, 3.63) is 52.1 Å². The number of carbonyl (C=O) groups is 1. The molecule has 0 unspecified atom stereocenters. The molecule has 0 bridgehead atoms. The Labute approximate surface area is 146 Å². The third-order valence-electron chi connectivity index (χ3n) is 3.23. The number of carbonyl (C=O) groups excluding carboxylic acids is 1. The summed E-state index contributed by atoms with van der Waals surface area (Å²) in [6.45, 7) is 1.98. The van der Waals surface area contributed by atoms with Gasteiger partial charge in [0.05, 0.1) is 24.6 Å². The number of thiophene rings is 1. The minimum Gasteiger partial charge on any atom is -0.462 e. The third-order valence-corrected chi connectivity index (χ3v) is 4.64. The second kappa shape index (κ2) is 6.83. The number of benzene rings is 1. The molecule has 0 saturated carbocycles. The summed E-state index contributed by atoms with van der Waals surface area (Å²) in [6.07, 6.45) is 3.13. The Morgan fingerprint density at radius 3 is 2.75 bits per heavy atom. The Kier molecular flexibility index (Phi) is 4.60. The van der Waals surface area contributed by atoms with Gasteiger partial charge in [0.2, 0.25) is 0 Å². The number of aromatic nitrogens is 3. The van der Waals surface area contributed by atoms with Gasteiger partial charge < -0.3 is 4.74 Å². The lowest BCUT2D eigenvalue weighted by molar-refractivity contribution is 0.0533. The second-order valence-electron chi connectivity index (χ2n) is 4.67. The number of nitriles is 1. The molecule has 0 amide bonds. The number of esters is 1. The molecule has 0 atom stereocenters. The van der Waals surface area contributed by atoms with Crippen molar-refractivity contribution in [1.29, 1.82) is 5.26 Å². The van der Waals surface area contributed by atoms with E-state index in [1.54, 1.807) is 37.4 Å². The topological polar surface area (TPSA) is 80.8 Å². The molecule has 0 aliphatic heterocycles. The van der Waals surface area contributed by atoms with E-state index in [2.05, 4.69) is 16.4 Å². The molecule has 3 aromatic rings. The quantitative estimate of drug-likeness (QED) is 0.664. The first-order chi connectivity index (χ1) is 11.7. The summed E-state index contributed by atoms with van der Waals surface area (Å²) < 4.78 is 6.60. The molecule has 0 fully saturated rings. The van der Waals surface area contributed by atoms with Crippen molar-refractivity contribution in [2.75, 3.05) is 6.61 Å². The van der Waals surface area contributed by atoms with E-state index < -0.39 is 5.97 Å². The molecule has 8 heteroatoms. The molecule has 0 aliphatic carbocycles. The monoisotopic (exact) mass is 358 g/mol. The Balaban J connectivity index is 2.26. The first kappa shape index (κ1) is 16.2. The zero-order chi connectivity index (χ0) is 17.1. The molecule has 1 aromatic carbocycles. The number of rotatable bonds is 4. The summed E-state index contributed by atoms with van der Waals surface area (Å²) in [5, 5.41) is 18.4. The Morgan fingerprint density at radius 1 is 1.42 bits per heavy atom. The van der Waals surface area contributed by atoms with Gasteiger partial charge in [-0.1, -0.05) is 28.9 Å². The van der Waals surface area contributed by atoms with Crippen molar-refractivity contribution in [3.63, 3.8) is 0 Å². The van der Waals surface area contributed by atoms with Crippen LogP contribution < -0.4 is 0 Å². The molecule has 0 radical (unpaired) electrons. The SMILES string of the molecule is CCOC(=O)c1sc(-n2ccnn2)c(C#N)c1-c1ccc(Cl)cc1. The third kappa shape index (κ3) is 2.89. The van der Waals surface area contributed by atoms with E-state index in [9.17, 15) is 10.1 Å². The number of hydrogen-bond donors (Lipinski definition) is 0. The van der Waals surface area contributed by atoms with E-state index in [0.29, 0.717) is 31.6 Å². The maximum Gasteiger partial charge on any atom is 0.349 e. The highest BCUT2D eigenvalue weighted by atomic mass is 35.5. The number of halogens is 1.